The van der Waals surface area contributed by atoms with Gasteiger partial charge >= 0.3 is 17.7 Å². The van der Waals surface area contributed by atoms with Crippen LogP contribution in [0.15, 0.2) is 78.9 Å². The van der Waals surface area contributed by atoms with Crippen LogP contribution in [0.4, 0.5) is 8.78 Å². The highest BCUT2D eigenvalue weighted by Crippen LogP contribution is 2.50. The van der Waals surface area contributed by atoms with Crippen LogP contribution in [0.2, 0.25) is 0 Å². The monoisotopic (exact) mass is 440 g/mol. The maximum absolute atomic E-state index is 14.0. The fraction of sp³-hybridized carbons (Fsp3) is 0.0526. The Bertz CT molecular complexity index is 1090. The lowest BCUT2D eigenvalue weighted by Crippen LogP contribution is -2.19. The lowest BCUT2D eigenvalue weighted by atomic mass is 10.3. The minimum atomic E-state index is -4.67. The maximum Gasteiger partial charge on any atom is 0.449 e. The van der Waals surface area contributed by atoms with Crippen molar-refractivity contribution in [3.63, 3.8) is 0 Å². The topological polar surface area (TPSA) is 78.9 Å². The van der Waals surface area contributed by atoms with E-state index < -0.39 is 46.3 Å². The Balaban J connectivity index is 1.92. The van der Waals surface area contributed by atoms with Gasteiger partial charge in [-0.1, -0.05) is 42.5 Å². The van der Waals surface area contributed by atoms with E-state index in [0.717, 1.165) is 24.3 Å². The van der Waals surface area contributed by atoms with Crippen molar-refractivity contribution in [1.82, 2.24) is 0 Å². The molecule has 6 nitrogen and oxygen atoms in total. The molecule has 0 amide bonds. The molecular formula is C19H15F2O6PS. The molecule has 0 aromatic heterocycles. The Labute approximate surface area is 166 Å². The molecule has 0 saturated carbocycles. The molecule has 10 heteroatoms. The number of rotatable bonds is 8. The van der Waals surface area contributed by atoms with E-state index in [-0.39, 0.29) is 5.75 Å². The third-order valence-electron chi connectivity index (χ3n) is 3.43. The molecule has 0 spiro atoms. The number of benzene rings is 3. The lowest BCUT2D eigenvalue weighted by molar-refractivity contribution is 0.369. The van der Waals surface area contributed by atoms with E-state index in [0.29, 0.717) is 0 Å². The molecule has 0 atom stereocenters. The van der Waals surface area contributed by atoms with E-state index in [1.54, 1.807) is 6.07 Å². The van der Waals surface area contributed by atoms with Crippen molar-refractivity contribution in [1.29, 1.82) is 0 Å². The van der Waals surface area contributed by atoms with Crippen molar-refractivity contribution in [2.45, 2.75) is 0 Å². The summed E-state index contributed by atoms with van der Waals surface area (Å²) in [6.45, 7) is 0. The molecule has 0 unspecified atom stereocenters. The zero-order valence-corrected chi connectivity index (χ0v) is 16.5. The first-order valence-corrected chi connectivity index (χ1v) is 11.5. The quantitative estimate of drug-likeness (QED) is 0.363. The van der Waals surface area contributed by atoms with Gasteiger partial charge in [0, 0.05) is 0 Å². The third kappa shape index (κ3) is 5.79. The molecule has 0 fully saturated rings. The van der Waals surface area contributed by atoms with Crippen LogP contribution in [0, 0.1) is 11.6 Å². The summed E-state index contributed by atoms with van der Waals surface area (Å²) >= 11 is 0. The fourth-order valence-electron chi connectivity index (χ4n) is 2.25. The zero-order chi connectivity index (χ0) is 20.9. The van der Waals surface area contributed by atoms with Gasteiger partial charge in [0.1, 0.15) is 5.75 Å². The normalized spacial score (nSPS) is 11.7. The van der Waals surface area contributed by atoms with Crippen LogP contribution in [0.25, 0.3) is 0 Å². The standard InChI is InChI=1S/C19H15F2O6PS/c20-16-10-4-6-12-18(16)25-28(22,26-19-13-7-5-11-17(19)21)14-29(23,24)27-15-8-2-1-3-9-15/h1-13H,14H2. The molecule has 3 rings (SSSR count). The fourth-order valence-corrected chi connectivity index (χ4v) is 5.77. The summed E-state index contributed by atoms with van der Waals surface area (Å²) in [6, 6.07) is 17.3. The van der Waals surface area contributed by atoms with Gasteiger partial charge in [-0.15, -0.1) is 0 Å². The highest BCUT2D eigenvalue weighted by atomic mass is 32.2. The zero-order valence-electron chi connectivity index (χ0n) is 14.8. The number of halogens is 2. The molecule has 0 heterocycles. The molecule has 0 aliphatic rings. The van der Waals surface area contributed by atoms with Gasteiger partial charge < -0.3 is 13.2 Å². The molecule has 0 aliphatic heterocycles. The molecule has 0 aliphatic carbocycles. The second-order valence-corrected chi connectivity index (χ2v) is 9.64. The summed E-state index contributed by atoms with van der Waals surface area (Å²) in [5.41, 5.74) is -1.28. The highest BCUT2D eigenvalue weighted by molar-refractivity contribution is 7.94. The first-order chi connectivity index (χ1) is 13.8. The van der Waals surface area contributed by atoms with Crippen molar-refractivity contribution >= 4 is 17.7 Å². The van der Waals surface area contributed by atoms with Crippen LogP contribution >= 0.6 is 7.60 Å². The van der Waals surface area contributed by atoms with Crippen molar-refractivity contribution in [2.24, 2.45) is 0 Å². The van der Waals surface area contributed by atoms with E-state index in [1.165, 1.54) is 48.5 Å². The summed E-state index contributed by atoms with van der Waals surface area (Å²) in [7, 11) is -9.18. The van der Waals surface area contributed by atoms with Crippen LogP contribution in [-0.4, -0.2) is 13.9 Å². The van der Waals surface area contributed by atoms with E-state index in [9.17, 15) is 21.8 Å². The van der Waals surface area contributed by atoms with Crippen LogP contribution in [0.3, 0.4) is 0 Å². The van der Waals surface area contributed by atoms with Crippen molar-refractivity contribution < 1.29 is 35.0 Å². The van der Waals surface area contributed by atoms with Gasteiger partial charge in [0.2, 0.25) is 5.49 Å². The second-order valence-electron chi connectivity index (χ2n) is 5.74. The Morgan fingerprint density at radius 3 is 1.66 bits per heavy atom. The first kappa shape index (κ1) is 20.8. The van der Waals surface area contributed by atoms with Gasteiger partial charge in [-0.05, 0) is 36.4 Å². The van der Waals surface area contributed by atoms with Gasteiger partial charge in [-0.2, -0.15) is 8.42 Å². The van der Waals surface area contributed by atoms with Gasteiger partial charge in [-0.3, -0.25) is 0 Å². The van der Waals surface area contributed by atoms with Crippen LogP contribution in [0.1, 0.15) is 0 Å². The summed E-state index contributed by atoms with van der Waals surface area (Å²) in [5.74, 6) is -2.85. The smallest absolute Gasteiger partial charge is 0.412 e. The van der Waals surface area contributed by atoms with Crippen LogP contribution in [0.5, 0.6) is 17.2 Å². The summed E-state index contributed by atoms with van der Waals surface area (Å²) in [6.07, 6.45) is 0. The predicted molar refractivity (Wildman–Crippen MR) is 103 cm³/mol. The Morgan fingerprint density at radius 2 is 1.17 bits per heavy atom. The Morgan fingerprint density at radius 1 is 0.724 bits per heavy atom. The summed E-state index contributed by atoms with van der Waals surface area (Å²) in [4.78, 5) is 0. The van der Waals surface area contributed by atoms with E-state index in [4.69, 9.17) is 13.2 Å². The largest absolute Gasteiger partial charge is 0.449 e. The van der Waals surface area contributed by atoms with Gasteiger partial charge in [0.25, 0.3) is 0 Å². The lowest BCUT2D eigenvalue weighted by Gasteiger charge is -2.20. The minimum absolute atomic E-state index is 0.0316. The van der Waals surface area contributed by atoms with Crippen molar-refractivity contribution in [3.05, 3.63) is 90.5 Å². The molecule has 3 aromatic rings. The molecule has 0 radical (unpaired) electrons. The van der Waals surface area contributed by atoms with Gasteiger partial charge in [-0.25, -0.2) is 13.3 Å². The predicted octanol–water partition coefficient (Wildman–Crippen LogP) is 4.98. The van der Waals surface area contributed by atoms with Crippen molar-refractivity contribution in [3.8, 4) is 17.2 Å². The Kier molecular flexibility index (Phi) is 6.20. The maximum atomic E-state index is 14.0. The summed E-state index contributed by atoms with van der Waals surface area (Å²) < 4.78 is 81.1. The molecule has 0 N–H and O–H groups in total. The molecule has 152 valence electrons. The van der Waals surface area contributed by atoms with E-state index in [1.807, 2.05) is 0 Å². The van der Waals surface area contributed by atoms with Gasteiger partial charge in [0.15, 0.2) is 23.1 Å². The third-order valence-corrected chi connectivity index (χ3v) is 7.36. The SMILES string of the molecule is O=P(CS(=O)(=O)Oc1ccccc1)(Oc1ccccc1F)Oc1ccccc1F. The highest BCUT2D eigenvalue weighted by Gasteiger charge is 2.38. The summed E-state index contributed by atoms with van der Waals surface area (Å²) in [5, 5.41) is 0. The van der Waals surface area contributed by atoms with E-state index >= 15 is 0 Å². The Hall–Kier alpha value is -2.90. The number of para-hydroxylation sites is 3. The molecule has 3 aromatic carbocycles. The van der Waals surface area contributed by atoms with Crippen LogP contribution in [-0.2, 0) is 14.7 Å². The average Bonchev–Trinajstić information content (AvgIpc) is 2.65. The molecule has 0 bridgehead atoms. The van der Waals surface area contributed by atoms with Crippen LogP contribution < -0.4 is 13.2 Å². The van der Waals surface area contributed by atoms with Crippen molar-refractivity contribution in [2.75, 3.05) is 5.49 Å². The second kappa shape index (κ2) is 8.63. The molecule has 29 heavy (non-hydrogen) atoms. The minimum Gasteiger partial charge on any atom is -0.412 e. The van der Waals surface area contributed by atoms with E-state index in [2.05, 4.69) is 0 Å². The molecule has 0 saturated heterocycles. The number of hydrogen-bond acceptors (Lipinski definition) is 6. The first-order valence-electron chi connectivity index (χ1n) is 8.21. The van der Waals surface area contributed by atoms with Gasteiger partial charge in [0.05, 0.1) is 0 Å². The average molecular weight is 440 g/mol. The molecular weight excluding hydrogens is 425 g/mol. The number of hydrogen-bond donors (Lipinski definition) is 0.